The Labute approximate surface area is 188 Å². The van der Waals surface area contributed by atoms with Crippen molar-refractivity contribution < 1.29 is 24.2 Å². The van der Waals surface area contributed by atoms with Crippen LogP contribution >= 0.6 is 0 Å². The van der Waals surface area contributed by atoms with E-state index in [1.54, 1.807) is 62.4 Å². The molecule has 1 aliphatic rings. The van der Waals surface area contributed by atoms with E-state index in [9.17, 15) is 24.2 Å². The van der Waals surface area contributed by atoms with E-state index in [4.69, 9.17) is 0 Å². The Morgan fingerprint density at radius 1 is 1.09 bits per heavy atom. The molecule has 0 atom stereocenters. The van der Waals surface area contributed by atoms with Crippen molar-refractivity contribution in [1.82, 2.24) is 0 Å². The third kappa shape index (κ3) is 4.16. The molecule has 0 saturated heterocycles. The van der Waals surface area contributed by atoms with Crippen molar-refractivity contribution in [3.63, 3.8) is 0 Å². The number of aromatic carboxylic acids is 1. The Morgan fingerprint density at radius 3 is 2.58 bits per heavy atom. The van der Waals surface area contributed by atoms with Crippen LogP contribution in [0.3, 0.4) is 0 Å². The predicted octanol–water partition coefficient (Wildman–Crippen LogP) is 4.40. The van der Waals surface area contributed by atoms with Gasteiger partial charge in [-0.05, 0) is 55.3 Å². The molecule has 3 aromatic carbocycles. The number of carboxylic acids is 1. The van der Waals surface area contributed by atoms with E-state index >= 15 is 0 Å². The largest absolute Gasteiger partial charge is 0.506 e. The van der Waals surface area contributed by atoms with E-state index in [1.165, 1.54) is 12.1 Å². The summed E-state index contributed by atoms with van der Waals surface area (Å²) in [7, 11) is 0. The summed E-state index contributed by atoms with van der Waals surface area (Å²) < 4.78 is 13.9. The van der Waals surface area contributed by atoms with E-state index < -0.39 is 17.7 Å². The first-order valence-corrected chi connectivity index (χ1v) is 9.92. The minimum absolute atomic E-state index is 0.0668. The maximum Gasteiger partial charge on any atom is 0.339 e. The lowest BCUT2D eigenvalue weighted by Gasteiger charge is -2.12. The highest BCUT2D eigenvalue weighted by molar-refractivity contribution is 6.71. The van der Waals surface area contributed by atoms with Crippen molar-refractivity contribution >= 4 is 34.7 Å². The van der Waals surface area contributed by atoms with Gasteiger partial charge < -0.3 is 10.2 Å². The summed E-state index contributed by atoms with van der Waals surface area (Å²) in [5.74, 6) is -2.53. The van der Waals surface area contributed by atoms with Crippen molar-refractivity contribution in [2.45, 2.75) is 13.8 Å². The van der Waals surface area contributed by atoms with Crippen molar-refractivity contribution in [3.05, 3.63) is 77.6 Å². The van der Waals surface area contributed by atoms with E-state index in [0.29, 0.717) is 33.8 Å². The zero-order chi connectivity index (χ0) is 23.7. The molecule has 1 aliphatic heterocycles. The molecular formula is C24H19FN4O4. The molecule has 0 unspecified atom stereocenters. The molecule has 0 fully saturated rings. The van der Waals surface area contributed by atoms with Gasteiger partial charge in [-0.1, -0.05) is 30.3 Å². The highest BCUT2D eigenvalue weighted by Gasteiger charge is 2.31. The number of carbonyl (C=O) groups is 2. The van der Waals surface area contributed by atoms with E-state index in [0.717, 1.165) is 5.01 Å². The fraction of sp³-hybridized carbons (Fsp3) is 0.0833. The predicted molar refractivity (Wildman–Crippen MR) is 123 cm³/mol. The fourth-order valence-electron chi connectivity index (χ4n) is 3.34. The Kier molecular flexibility index (Phi) is 5.61. The minimum atomic E-state index is -1.23. The van der Waals surface area contributed by atoms with E-state index in [1.807, 2.05) is 0 Å². The van der Waals surface area contributed by atoms with Gasteiger partial charge in [0.15, 0.2) is 5.71 Å². The molecule has 0 aliphatic carbocycles. The lowest BCUT2D eigenvalue weighted by molar-refractivity contribution is -0.112. The van der Waals surface area contributed by atoms with Crippen molar-refractivity contribution in [1.29, 1.82) is 0 Å². The van der Waals surface area contributed by atoms with Gasteiger partial charge in [-0.25, -0.2) is 9.18 Å². The van der Waals surface area contributed by atoms with E-state index in [2.05, 4.69) is 15.6 Å². The number of amides is 1. The first-order valence-electron chi connectivity index (χ1n) is 9.92. The van der Waals surface area contributed by atoms with Crippen LogP contribution in [-0.4, -0.2) is 33.5 Å². The number of nitrogens with one attached hydrogen (secondary N) is 1. The molecule has 0 spiro atoms. The van der Waals surface area contributed by atoms with Gasteiger partial charge in [0.2, 0.25) is 0 Å². The number of hydrogen-bond donors (Lipinski definition) is 3. The second-order valence-electron chi connectivity index (χ2n) is 7.40. The van der Waals surface area contributed by atoms with Crippen LogP contribution in [0.1, 0.15) is 22.8 Å². The average molecular weight is 446 g/mol. The second-order valence-corrected chi connectivity index (χ2v) is 7.40. The first kappa shape index (κ1) is 21.7. The summed E-state index contributed by atoms with van der Waals surface area (Å²) in [5.41, 5.74) is 5.17. The average Bonchev–Trinajstić information content (AvgIpc) is 3.07. The summed E-state index contributed by atoms with van der Waals surface area (Å²) in [6.45, 7) is 3.25. The topological polar surface area (TPSA) is 115 Å². The molecule has 0 radical (unpaired) electrons. The molecule has 3 aromatic rings. The number of hydrogen-bond acceptors (Lipinski definition) is 6. The van der Waals surface area contributed by atoms with Crippen LogP contribution in [0.15, 0.2) is 70.9 Å². The SMILES string of the molecule is CC1=NN(c2ccc(C)c(F)c2)C(=O)/C1=N\Nc1cccc(-c2cccc(C(=O)O)c2O)c1. The van der Waals surface area contributed by atoms with Crippen LogP contribution in [-0.2, 0) is 4.79 Å². The van der Waals surface area contributed by atoms with Crippen molar-refractivity contribution in [2.24, 2.45) is 10.2 Å². The molecule has 9 heteroatoms. The number of aromatic hydroxyl groups is 1. The number of carbonyl (C=O) groups excluding carboxylic acids is 1. The number of nitrogens with zero attached hydrogens (tertiary/aromatic N) is 3. The van der Waals surface area contributed by atoms with Crippen LogP contribution in [0.4, 0.5) is 15.8 Å². The Morgan fingerprint density at radius 2 is 1.85 bits per heavy atom. The van der Waals surface area contributed by atoms with Crippen LogP contribution in [0.2, 0.25) is 0 Å². The summed E-state index contributed by atoms with van der Waals surface area (Å²) in [6.07, 6.45) is 0. The normalized spacial score (nSPS) is 14.5. The van der Waals surface area contributed by atoms with Gasteiger partial charge in [0.05, 0.1) is 17.1 Å². The Balaban J connectivity index is 1.59. The number of benzene rings is 3. The van der Waals surface area contributed by atoms with Crippen LogP contribution in [0.25, 0.3) is 11.1 Å². The number of phenols is 1. The number of para-hydroxylation sites is 1. The minimum Gasteiger partial charge on any atom is -0.506 e. The van der Waals surface area contributed by atoms with Gasteiger partial charge >= 0.3 is 11.9 Å². The van der Waals surface area contributed by atoms with Gasteiger partial charge in [-0.15, -0.1) is 0 Å². The zero-order valence-electron chi connectivity index (χ0n) is 17.7. The van der Waals surface area contributed by atoms with Crippen LogP contribution in [0, 0.1) is 12.7 Å². The van der Waals surface area contributed by atoms with Gasteiger partial charge in [-0.2, -0.15) is 15.2 Å². The molecule has 3 N–H and O–H groups in total. The standard InChI is InChI=1S/C24H19FN4O4/c1-13-9-10-17(12-20(13)25)29-23(31)21(14(2)28-29)27-26-16-6-3-5-15(11-16)18-7-4-8-19(22(18)30)24(32)33/h3-12,26,30H,1-2H3,(H,32,33)/b27-21-. The number of hydrazone groups is 2. The maximum atomic E-state index is 13.9. The third-order valence-corrected chi connectivity index (χ3v) is 5.12. The van der Waals surface area contributed by atoms with E-state index in [-0.39, 0.29) is 17.0 Å². The van der Waals surface area contributed by atoms with Gasteiger partial charge in [-0.3, -0.25) is 10.2 Å². The Bertz CT molecular complexity index is 1350. The molecule has 0 aromatic heterocycles. The Hall–Kier alpha value is -4.53. The summed E-state index contributed by atoms with van der Waals surface area (Å²) in [4.78, 5) is 24.1. The van der Waals surface area contributed by atoms with Gasteiger partial charge in [0, 0.05) is 5.56 Å². The summed E-state index contributed by atoms with van der Waals surface area (Å²) in [6, 6.07) is 15.6. The maximum absolute atomic E-state index is 13.9. The molecule has 0 bridgehead atoms. The van der Waals surface area contributed by atoms with Crippen LogP contribution in [0.5, 0.6) is 5.75 Å². The zero-order valence-corrected chi connectivity index (χ0v) is 17.7. The highest BCUT2D eigenvalue weighted by atomic mass is 19.1. The highest BCUT2D eigenvalue weighted by Crippen LogP contribution is 2.33. The number of carboxylic acid groups (broad SMARTS) is 1. The quantitative estimate of drug-likeness (QED) is 0.503. The molecule has 166 valence electrons. The summed E-state index contributed by atoms with van der Waals surface area (Å²) in [5, 5.41) is 29.0. The van der Waals surface area contributed by atoms with Gasteiger partial charge in [0.1, 0.15) is 17.1 Å². The summed E-state index contributed by atoms with van der Waals surface area (Å²) >= 11 is 0. The lowest BCUT2D eigenvalue weighted by Crippen LogP contribution is -2.28. The smallest absolute Gasteiger partial charge is 0.339 e. The van der Waals surface area contributed by atoms with Crippen molar-refractivity contribution in [2.75, 3.05) is 10.4 Å². The molecule has 33 heavy (non-hydrogen) atoms. The first-order chi connectivity index (χ1) is 15.8. The number of rotatable bonds is 5. The molecule has 8 nitrogen and oxygen atoms in total. The molecule has 1 heterocycles. The molecule has 0 saturated carbocycles. The lowest BCUT2D eigenvalue weighted by atomic mass is 10.0. The second kappa shape index (κ2) is 8.54. The third-order valence-electron chi connectivity index (χ3n) is 5.12. The number of anilines is 2. The monoisotopic (exact) mass is 446 g/mol. The molecule has 1 amide bonds. The van der Waals surface area contributed by atoms with Crippen molar-refractivity contribution in [3.8, 4) is 16.9 Å². The number of aryl methyl sites for hydroxylation is 1. The fourth-order valence-corrected chi connectivity index (χ4v) is 3.34. The van der Waals surface area contributed by atoms with Crippen LogP contribution < -0.4 is 10.4 Å². The van der Waals surface area contributed by atoms with Gasteiger partial charge in [0.25, 0.3) is 0 Å². The molecular weight excluding hydrogens is 427 g/mol. The molecule has 4 rings (SSSR count). The number of halogens is 1.